The Kier molecular flexibility index (Phi) is 5.04. The van der Waals surface area contributed by atoms with E-state index in [1.165, 1.54) is 6.42 Å². The minimum Gasteiger partial charge on any atom is -0.370 e. The van der Waals surface area contributed by atoms with Crippen molar-refractivity contribution < 1.29 is 14.3 Å². The van der Waals surface area contributed by atoms with E-state index < -0.39 is 5.91 Å². The number of amides is 1. The van der Waals surface area contributed by atoms with Gasteiger partial charge in [-0.3, -0.25) is 9.78 Å². The highest BCUT2D eigenvalue weighted by Gasteiger charge is 2.25. The van der Waals surface area contributed by atoms with Crippen LogP contribution in [0.5, 0.6) is 0 Å². The van der Waals surface area contributed by atoms with E-state index in [1.807, 2.05) is 24.5 Å². The first-order valence-electron chi connectivity index (χ1n) is 9.40. The van der Waals surface area contributed by atoms with E-state index in [0.29, 0.717) is 5.56 Å². The fourth-order valence-electron chi connectivity index (χ4n) is 3.82. The maximum Gasteiger partial charge on any atom is 0.248 e. The van der Waals surface area contributed by atoms with Crippen molar-refractivity contribution >= 4 is 22.4 Å². The van der Waals surface area contributed by atoms with Crippen molar-refractivity contribution in [3.8, 4) is 0 Å². The van der Waals surface area contributed by atoms with Crippen LogP contribution in [0.3, 0.4) is 0 Å². The molecule has 2 aliphatic rings. The largest absolute Gasteiger partial charge is 0.370 e. The zero-order valence-corrected chi connectivity index (χ0v) is 14.9. The summed E-state index contributed by atoms with van der Waals surface area (Å²) < 4.78 is 11.8. The van der Waals surface area contributed by atoms with Gasteiger partial charge in [-0.15, -0.1) is 0 Å². The Morgan fingerprint density at radius 3 is 2.77 bits per heavy atom. The molecule has 6 heteroatoms. The summed E-state index contributed by atoms with van der Waals surface area (Å²) in [6.07, 6.45) is 9.17. The molecule has 2 saturated heterocycles. The van der Waals surface area contributed by atoms with Gasteiger partial charge in [-0.1, -0.05) is 6.07 Å². The number of carbonyl (C=O) groups is 1. The number of pyridine rings is 1. The molecule has 2 aliphatic heterocycles. The molecule has 0 bridgehead atoms. The normalized spacial score (nSPS) is 21.8. The number of benzene rings is 1. The van der Waals surface area contributed by atoms with Gasteiger partial charge in [0.05, 0.1) is 18.0 Å². The van der Waals surface area contributed by atoms with E-state index in [-0.39, 0.29) is 12.4 Å². The molecule has 2 N–H and O–H groups in total. The first-order chi connectivity index (χ1) is 12.7. The number of primary amides is 1. The third-order valence-corrected chi connectivity index (χ3v) is 5.29. The van der Waals surface area contributed by atoms with E-state index in [2.05, 4.69) is 9.88 Å². The molecule has 1 unspecified atom stereocenters. The molecular weight excluding hydrogens is 330 g/mol. The number of piperidine rings is 1. The predicted molar refractivity (Wildman–Crippen MR) is 100 cm³/mol. The van der Waals surface area contributed by atoms with E-state index in [0.717, 1.165) is 61.8 Å². The average Bonchev–Trinajstić information content (AvgIpc) is 2.68. The number of hydrogen-bond acceptors (Lipinski definition) is 5. The Hall–Kier alpha value is -2.18. The number of rotatable bonds is 4. The van der Waals surface area contributed by atoms with Crippen LogP contribution in [0.25, 0.3) is 10.8 Å². The molecule has 6 nitrogen and oxygen atoms in total. The molecule has 0 radical (unpaired) electrons. The Morgan fingerprint density at radius 1 is 1.19 bits per heavy atom. The summed E-state index contributed by atoms with van der Waals surface area (Å²) >= 11 is 0. The SMILES string of the molecule is NC(=O)c1ccc2cncc(N3CCC(OC4CCCCO4)CC3)c2c1. The molecule has 0 aliphatic carbocycles. The molecular formula is C20H25N3O3. The van der Waals surface area contributed by atoms with Gasteiger partial charge < -0.3 is 20.1 Å². The van der Waals surface area contributed by atoms with Gasteiger partial charge in [-0.05, 0) is 44.2 Å². The number of aromatic nitrogens is 1. The summed E-state index contributed by atoms with van der Waals surface area (Å²) in [5.41, 5.74) is 7.02. The summed E-state index contributed by atoms with van der Waals surface area (Å²) in [4.78, 5) is 18.2. The van der Waals surface area contributed by atoms with E-state index in [9.17, 15) is 4.79 Å². The van der Waals surface area contributed by atoms with E-state index >= 15 is 0 Å². The van der Waals surface area contributed by atoms with Gasteiger partial charge in [0.15, 0.2) is 6.29 Å². The molecule has 138 valence electrons. The zero-order valence-electron chi connectivity index (χ0n) is 14.9. The number of carbonyl (C=O) groups excluding carboxylic acids is 1. The molecule has 0 spiro atoms. The lowest BCUT2D eigenvalue weighted by atomic mass is 10.0. The lowest BCUT2D eigenvalue weighted by Crippen LogP contribution is -2.39. The lowest BCUT2D eigenvalue weighted by Gasteiger charge is -2.36. The van der Waals surface area contributed by atoms with E-state index in [4.69, 9.17) is 15.2 Å². The van der Waals surface area contributed by atoms with Gasteiger partial charge in [-0.2, -0.15) is 0 Å². The minimum atomic E-state index is -0.408. The van der Waals surface area contributed by atoms with Crippen molar-refractivity contribution in [3.05, 3.63) is 36.2 Å². The maximum absolute atomic E-state index is 11.5. The van der Waals surface area contributed by atoms with Crippen LogP contribution in [-0.4, -0.2) is 43.0 Å². The second-order valence-electron chi connectivity index (χ2n) is 7.08. The minimum absolute atomic E-state index is 0.0300. The molecule has 1 aromatic carbocycles. The summed E-state index contributed by atoms with van der Waals surface area (Å²) in [6.45, 7) is 2.62. The zero-order chi connectivity index (χ0) is 17.9. The fraction of sp³-hybridized carbons (Fsp3) is 0.500. The van der Waals surface area contributed by atoms with Gasteiger partial charge in [0.1, 0.15) is 0 Å². The topological polar surface area (TPSA) is 77.7 Å². The highest BCUT2D eigenvalue weighted by atomic mass is 16.7. The lowest BCUT2D eigenvalue weighted by molar-refractivity contribution is -0.191. The van der Waals surface area contributed by atoms with Crippen LogP contribution >= 0.6 is 0 Å². The van der Waals surface area contributed by atoms with Gasteiger partial charge >= 0.3 is 0 Å². The van der Waals surface area contributed by atoms with Crippen LogP contribution in [-0.2, 0) is 9.47 Å². The van der Waals surface area contributed by atoms with Crippen molar-refractivity contribution in [1.29, 1.82) is 0 Å². The van der Waals surface area contributed by atoms with Gasteiger partial charge in [-0.25, -0.2) is 0 Å². The molecule has 26 heavy (non-hydrogen) atoms. The first kappa shape index (κ1) is 17.2. The van der Waals surface area contributed by atoms with Crippen molar-refractivity contribution in [2.24, 2.45) is 5.73 Å². The maximum atomic E-state index is 11.5. The summed E-state index contributed by atoms with van der Waals surface area (Å²) in [7, 11) is 0. The van der Waals surface area contributed by atoms with Gasteiger partial charge in [0.25, 0.3) is 0 Å². The third-order valence-electron chi connectivity index (χ3n) is 5.29. The molecule has 1 atom stereocenters. The van der Waals surface area contributed by atoms with Crippen LogP contribution in [0.1, 0.15) is 42.5 Å². The van der Waals surface area contributed by atoms with E-state index in [1.54, 1.807) is 6.07 Å². The monoisotopic (exact) mass is 355 g/mol. The summed E-state index contributed by atoms with van der Waals surface area (Å²) in [5.74, 6) is -0.408. The van der Waals surface area contributed by atoms with Crippen LogP contribution in [0.4, 0.5) is 5.69 Å². The number of ether oxygens (including phenoxy) is 2. The molecule has 1 amide bonds. The predicted octanol–water partition coefficient (Wildman–Crippen LogP) is 2.85. The standard InChI is InChI=1S/C20H25N3O3/c21-20(24)14-4-5-15-12-22-13-18(17(15)11-14)23-8-6-16(7-9-23)26-19-3-1-2-10-25-19/h4-5,11-13,16,19H,1-3,6-10H2,(H2,21,24). The quantitative estimate of drug-likeness (QED) is 0.912. The molecule has 0 saturated carbocycles. The average molecular weight is 355 g/mol. The molecule has 2 fully saturated rings. The Labute approximate surface area is 153 Å². The second kappa shape index (κ2) is 7.60. The summed E-state index contributed by atoms with van der Waals surface area (Å²) in [5, 5.41) is 2.03. The Morgan fingerprint density at radius 2 is 2.04 bits per heavy atom. The Balaban J connectivity index is 1.47. The Bertz CT molecular complexity index is 781. The van der Waals surface area contributed by atoms with Crippen LogP contribution < -0.4 is 10.6 Å². The number of nitrogens with two attached hydrogens (primary N) is 1. The van der Waals surface area contributed by atoms with Crippen LogP contribution in [0, 0.1) is 0 Å². The molecule has 2 aromatic rings. The number of hydrogen-bond donors (Lipinski definition) is 1. The fourth-order valence-corrected chi connectivity index (χ4v) is 3.82. The molecule has 1 aromatic heterocycles. The van der Waals surface area contributed by atoms with Crippen molar-refractivity contribution in [3.63, 3.8) is 0 Å². The number of fused-ring (bicyclic) bond motifs is 1. The van der Waals surface area contributed by atoms with Crippen molar-refractivity contribution in [2.45, 2.75) is 44.5 Å². The first-order valence-corrected chi connectivity index (χ1v) is 9.40. The molecule has 3 heterocycles. The molecule has 4 rings (SSSR count). The van der Waals surface area contributed by atoms with Gasteiger partial charge in [0, 0.05) is 42.2 Å². The smallest absolute Gasteiger partial charge is 0.248 e. The number of anilines is 1. The van der Waals surface area contributed by atoms with Crippen molar-refractivity contribution in [1.82, 2.24) is 4.98 Å². The highest BCUT2D eigenvalue weighted by molar-refractivity contribution is 6.01. The van der Waals surface area contributed by atoms with Crippen LogP contribution in [0.15, 0.2) is 30.6 Å². The van der Waals surface area contributed by atoms with Crippen LogP contribution in [0.2, 0.25) is 0 Å². The second-order valence-corrected chi connectivity index (χ2v) is 7.08. The highest BCUT2D eigenvalue weighted by Crippen LogP contribution is 2.30. The number of nitrogens with zero attached hydrogens (tertiary/aromatic N) is 2. The summed E-state index contributed by atoms with van der Waals surface area (Å²) in [6, 6.07) is 5.52. The van der Waals surface area contributed by atoms with Gasteiger partial charge in [0.2, 0.25) is 5.91 Å². The van der Waals surface area contributed by atoms with Crippen molar-refractivity contribution in [2.75, 3.05) is 24.6 Å². The third kappa shape index (κ3) is 3.66.